The van der Waals surface area contributed by atoms with E-state index in [1.54, 1.807) is 0 Å². The summed E-state index contributed by atoms with van der Waals surface area (Å²) in [6.45, 7) is 21.9. The molecule has 0 radical (unpaired) electrons. The summed E-state index contributed by atoms with van der Waals surface area (Å²) in [4.78, 5) is 36.3. The second-order valence-corrected chi connectivity index (χ2v) is 19.2. The third kappa shape index (κ3) is 10.3. The van der Waals surface area contributed by atoms with Crippen LogP contribution in [-0.4, -0.2) is 67.8 Å². The molecule has 3 N–H and O–H groups in total. The Morgan fingerprint density at radius 3 is 1.65 bits per heavy atom. The summed E-state index contributed by atoms with van der Waals surface area (Å²) in [6.07, 6.45) is 13.8. The van der Waals surface area contributed by atoms with Crippen molar-refractivity contribution in [1.29, 1.82) is 0 Å². The second kappa shape index (κ2) is 16.3. The van der Waals surface area contributed by atoms with Crippen molar-refractivity contribution in [3.8, 4) is 0 Å². The molecule has 0 heterocycles. The first-order valence-corrected chi connectivity index (χ1v) is 20.2. The van der Waals surface area contributed by atoms with Gasteiger partial charge in [-0.2, -0.15) is 0 Å². The van der Waals surface area contributed by atoms with E-state index in [9.17, 15) is 29.7 Å². The van der Waals surface area contributed by atoms with Crippen molar-refractivity contribution in [2.75, 3.05) is 0 Å². The molecule has 9 nitrogen and oxygen atoms in total. The van der Waals surface area contributed by atoms with Crippen LogP contribution >= 0.6 is 0 Å². The molecular formula is C42H74O9. The van der Waals surface area contributed by atoms with Crippen molar-refractivity contribution in [2.24, 2.45) is 28.1 Å². The lowest BCUT2D eigenvalue weighted by Crippen LogP contribution is -2.72. The van der Waals surface area contributed by atoms with E-state index in [4.69, 9.17) is 14.2 Å². The Labute approximate surface area is 309 Å². The lowest BCUT2D eigenvalue weighted by Gasteiger charge is -2.64. The number of hydrogen-bond donors (Lipinski definition) is 3. The Bertz CT molecular complexity index is 1190. The van der Waals surface area contributed by atoms with E-state index in [1.165, 1.54) is 32.1 Å². The van der Waals surface area contributed by atoms with Crippen molar-refractivity contribution in [2.45, 2.75) is 220 Å². The highest BCUT2D eigenvalue weighted by Crippen LogP contribution is 2.60. The van der Waals surface area contributed by atoms with Crippen LogP contribution in [0.25, 0.3) is 0 Å². The van der Waals surface area contributed by atoms with Gasteiger partial charge in [0, 0.05) is 19.3 Å². The highest BCUT2D eigenvalue weighted by atomic mass is 16.6. The normalized spacial score (nSPS) is 31.6. The van der Waals surface area contributed by atoms with Gasteiger partial charge in [0.25, 0.3) is 0 Å². The van der Waals surface area contributed by atoms with E-state index in [2.05, 4.69) is 13.8 Å². The molecule has 5 unspecified atom stereocenters. The van der Waals surface area contributed by atoms with Crippen LogP contribution < -0.4 is 0 Å². The van der Waals surface area contributed by atoms with Crippen LogP contribution in [0.2, 0.25) is 0 Å². The van der Waals surface area contributed by atoms with Crippen LogP contribution in [-0.2, 0) is 28.6 Å². The molecule has 0 saturated heterocycles. The molecule has 0 aromatic carbocycles. The van der Waals surface area contributed by atoms with E-state index in [0.29, 0.717) is 31.6 Å². The molecule has 4 bridgehead atoms. The Kier molecular flexibility index (Phi) is 14.0. The van der Waals surface area contributed by atoms with E-state index in [0.717, 1.165) is 38.5 Å². The standard InChI is InChI=1S/C16H26O5.C14H26O2.C12H22O2/c1-4-13(2,3)12(18)21-15-6-10-5-14(19,7-15)8-16(20,9-15)11(10)17;1-6-13(4,5)12(15)16-14(11(2)3)9-7-8-10-14;1-4-12(2,3)11(13)14-10-8-6-5-7-9-10/h10-11,17,19-20H,4-9H2,1-3H3;11H,6-10H2,1-5H3;10H,4-9H2,1-3H3. The predicted octanol–water partition coefficient (Wildman–Crippen LogP) is 8.37. The van der Waals surface area contributed by atoms with E-state index >= 15 is 0 Å². The third-order valence-corrected chi connectivity index (χ3v) is 13.4. The van der Waals surface area contributed by atoms with Gasteiger partial charge in [0.1, 0.15) is 17.3 Å². The number of aliphatic hydroxyl groups excluding tert-OH is 1. The Morgan fingerprint density at radius 2 is 1.18 bits per heavy atom. The predicted molar refractivity (Wildman–Crippen MR) is 199 cm³/mol. The van der Waals surface area contributed by atoms with Gasteiger partial charge in [0.2, 0.25) is 0 Å². The number of ether oxygens (including phenoxy) is 3. The highest BCUT2D eigenvalue weighted by Gasteiger charge is 2.68. The summed E-state index contributed by atoms with van der Waals surface area (Å²) in [6, 6.07) is 0. The van der Waals surface area contributed by atoms with Gasteiger partial charge in [-0.15, -0.1) is 0 Å². The molecule has 9 heteroatoms. The van der Waals surface area contributed by atoms with Gasteiger partial charge in [0.05, 0.1) is 33.6 Å². The average molecular weight is 723 g/mol. The summed E-state index contributed by atoms with van der Waals surface area (Å²) in [7, 11) is 0. The minimum atomic E-state index is -1.33. The summed E-state index contributed by atoms with van der Waals surface area (Å²) in [5.74, 6) is -0.105. The van der Waals surface area contributed by atoms with E-state index in [-0.39, 0.29) is 59.2 Å². The van der Waals surface area contributed by atoms with Gasteiger partial charge >= 0.3 is 17.9 Å². The molecular weight excluding hydrogens is 648 g/mol. The highest BCUT2D eigenvalue weighted by molar-refractivity contribution is 5.77. The van der Waals surface area contributed by atoms with E-state index < -0.39 is 28.3 Å². The molecule has 51 heavy (non-hydrogen) atoms. The molecule has 6 rings (SSSR count). The van der Waals surface area contributed by atoms with Gasteiger partial charge in [-0.05, 0) is 137 Å². The first-order valence-electron chi connectivity index (χ1n) is 20.2. The number of rotatable bonds is 10. The van der Waals surface area contributed by atoms with Crippen molar-refractivity contribution in [3.63, 3.8) is 0 Å². The maximum Gasteiger partial charge on any atom is 0.312 e. The Morgan fingerprint density at radius 1 is 0.686 bits per heavy atom. The minimum Gasteiger partial charge on any atom is -0.462 e. The molecule has 0 amide bonds. The second-order valence-electron chi connectivity index (χ2n) is 19.2. The molecule has 0 aliphatic heterocycles. The van der Waals surface area contributed by atoms with Gasteiger partial charge in [0.15, 0.2) is 0 Å². The zero-order chi connectivity index (χ0) is 38.7. The number of carbonyl (C=O) groups excluding carboxylic acids is 3. The molecule has 6 aliphatic rings. The van der Waals surface area contributed by atoms with Gasteiger partial charge in [-0.3, -0.25) is 14.4 Å². The molecule has 0 spiro atoms. The fourth-order valence-corrected chi connectivity index (χ4v) is 8.58. The lowest BCUT2D eigenvalue weighted by atomic mass is 9.49. The lowest BCUT2D eigenvalue weighted by molar-refractivity contribution is -0.299. The van der Waals surface area contributed by atoms with Crippen molar-refractivity contribution >= 4 is 17.9 Å². The van der Waals surface area contributed by atoms with Crippen LogP contribution in [0.15, 0.2) is 0 Å². The van der Waals surface area contributed by atoms with Gasteiger partial charge < -0.3 is 29.5 Å². The molecule has 0 aromatic heterocycles. The summed E-state index contributed by atoms with van der Waals surface area (Å²) in [5, 5.41) is 31.6. The van der Waals surface area contributed by atoms with Crippen LogP contribution in [0.1, 0.15) is 185 Å². The van der Waals surface area contributed by atoms with Crippen molar-refractivity contribution < 1.29 is 43.9 Å². The smallest absolute Gasteiger partial charge is 0.312 e. The van der Waals surface area contributed by atoms with Gasteiger partial charge in [-0.25, -0.2) is 0 Å². The average Bonchev–Trinajstić information content (AvgIpc) is 3.53. The summed E-state index contributed by atoms with van der Waals surface area (Å²) < 4.78 is 17.2. The monoisotopic (exact) mass is 723 g/mol. The minimum absolute atomic E-state index is 0.0214. The van der Waals surface area contributed by atoms with Crippen LogP contribution in [0.4, 0.5) is 0 Å². The summed E-state index contributed by atoms with van der Waals surface area (Å²) in [5.41, 5.74) is -4.58. The Balaban J connectivity index is 0.000000212. The Hall–Kier alpha value is -1.71. The van der Waals surface area contributed by atoms with Crippen LogP contribution in [0, 0.1) is 28.1 Å². The van der Waals surface area contributed by atoms with Crippen molar-refractivity contribution in [3.05, 3.63) is 0 Å². The number of aliphatic hydroxyl groups is 3. The first-order chi connectivity index (χ1) is 23.4. The maximum absolute atomic E-state index is 12.4. The van der Waals surface area contributed by atoms with Crippen LogP contribution in [0.3, 0.4) is 0 Å². The number of esters is 3. The fraction of sp³-hybridized carbons (Fsp3) is 0.929. The number of carbonyl (C=O) groups is 3. The topological polar surface area (TPSA) is 140 Å². The summed E-state index contributed by atoms with van der Waals surface area (Å²) >= 11 is 0. The molecule has 296 valence electrons. The van der Waals surface area contributed by atoms with E-state index in [1.807, 2.05) is 62.3 Å². The first kappa shape index (κ1) is 43.7. The fourth-order valence-electron chi connectivity index (χ4n) is 8.58. The zero-order valence-electron chi connectivity index (χ0n) is 34.1. The largest absolute Gasteiger partial charge is 0.462 e. The third-order valence-electron chi connectivity index (χ3n) is 13.4. The number of hydrogen-bond acceptors (Lipinski definition) is 9. The zero-order valence-corrected chi connectivity index (χ0v) is 34.1. The molecule has 6 aliphatic carbocycles. The molecule has 6 saturated carbocycles. The molecule has 5 atom stereocenters. The maximum atomic E-state index is 12.4. The van der Waals surface area contributed by atoms with Crippen LogP contribution in [0.5, 0.6) is 0 Å². The van der Waals surface area contributed by atoms with Crippen molar-refractivity contribution in [1.82, 2.24) is 0 Å². The quantitative estimate of drug-likeness (QED) is 0.150. The SMILES string of the molecule is CCC(C)(C)C(=O)OC1(C(C)C)CCCC1.CCC(C)(C)C(=O)OC12CC3CC(O)(C1)CC(O)(C2)C3O.CCC(C)(C)C(=O)OC1CCCCC1. The molecule has 0 aromatic rings. The molecule has 6 fully saturated rings. The van der Waals surface area contributed by atoms with Gasteiger partial charge in [-0.1, -0.05) is 41.0 Å².